The van der Waals surface area contributed by atoms with E-state index in [1.807, 2.05) is 6.26 Å². The van der Waals surface area contributed by atoms with Crippen molar-refractivity contribution in [3.8, 4) is 0 Å². The Balaban J connectivity index is 1.74. The maximum atomic E-state index is 6.53. The van der Waals surface area contributed by atoms with Crippen molar-refractivity contribution in [1.82, 2.24) is 0 Å². The quantitative estimate of drug-likeness (QED) is 0.382. The molecule has 0 heterocycles. The van der Waals surface area contributed by atoms with Gasteiger partial charge < -0.3 is 4.74 Å². The number of allylic oxidation sites excluding steroid dienone is 1. The van der Waals surface area contributed by atoms with Crippen LogP contribution >= 0.6 is 0 Å². The summed E-state index contributed by atoms with van der Waals surface area (Å²) in [5.74, 6) is 1.70. The first-order valence-electron chi connectivity index (χ1n) is 11.9. The van der Waals surface area contributed by atoms with Crippen molar-refractivity contribution in [1.29, 1.82) is 0 Å². The number of hydrogen-bond donors (Lipinski definition) is 0. The molecule has 0 N–H and O–H groups in total. The van der Waals surface area contributed by atoms with Crippen molar-refractivity contribution in [3.63, 3.8) is 0 Å². The average molecular weight is 405 g/mol. The topological polar surface area (TPSA) is 9.23 Å². The highest BCUT2D eigenvalue weighted by molar-refractivity contribution is 5.26. The smallest absolute Gasteiger partial charge is 0.102 e. The molecule has 1 nitrogen and oxygen atoms in total. The van der Waals surface area contributed by atoms with Crippen molar-refractivity contribution in [2.45, 2.75) is 83.7 Å². The van der Waals surface area contributed by atoms with Crippen LogP contribution in [0.5, 0.6) is 0 Å². The van der Waals surface area contributed by atoms with Crippen molar-refractivity contribution in [2.75, 3.05) is 0 Å². The molecule has 0 aromatic heterocycles. The monoisotopic (exact) mass is 404 g/mol. The largest absolute Gasteiger partial charge is 0.498 e. The third-order valence-corrected chi connectivity index (χ3v) is 7.16. The zero-order valence-corrected chi connectivity index (χ0v) is 19.4. The van der Waals surface area contributed by atoms with Crippen LogP contribution in [0.1, 0.15) is 83.3 Å². The molecule has 2 aromatic carbocycles. The first-order chi connectivity index (χ1) is 14.5. The molecule has 1 fully saturated rings. The Kier molecular flexibility index (Phi) is 8.19. The van der Waals surface area contributed by atoms with E-state index in [4.69, 9.17) is 4.74 Å². The highest BCUT2D eigenvalue weighted by Crippen LogP contribution is 2.43. The molecule has 0 saturated heterocycles. The van der Waals surface area contributed by atoms with Crippen LogP contribution in [0, 0.1) is 11.8 Å². The molecule has 0 amide bonds. The maximum Gasteiger partial charge on any atom is 0.102 e. The molecule has 1 aliphatic carbocycles. The molecule has 4 atom stereocenters. The summed E-state index contributed by atoms with van der Waals surface area (Å²) in [6.07, 6.45) is 12.0. The Morgan fingerprint density at radius 1 is 1.00 bits per heavy atom. The first kappa shape index (κ1) is 22.7. The molecule has 0 bridgehead atoms. The van der Waals surface area contributed by atoms with E-state index in [0.717, 1.165) is 12.3 Å². The van der Waals surface area contributed by atoms with Gasteiger partial charge in [-0.15, -0.1) is 0 Å². The van der Waals surface area contributed by atoms with Crippen molar-refractivity contribution >= 4 is 0 Å². The van der Waals surface area contributed by atoms with Gasteiger partial charge in [0.2, 0.25) is 0 Å². The lowest BCUT2D eigenvalue weighted by molar-refractivity contribution is 0.00216. The van der Waals surface area contributed by atoms with Gasteiger partial charge in [-0.1, -0.05) is 108 Å². The standard InChI is InChI=1S/C29H40O/c1-5-6-13-25(24-14-9-7-10-15-24)20-21-30-28-22-23(2)18-19-27(28)29(3,4)26-16-11-8-12-17-26/h7-12,14-17,20-21,23,25,27-28H,5-6,13,18-19,22H2,1-4H3/b21-20-/t23-,25+,27-,28-/m1/s1. The van der Waals surface area contributed by atoms with Crippen LogP contribution < -0.4 is 0 Å². The summed E-state index contributed by atoms with van der Waals surface area (Å²) in [6.45, 7) is 9.44. The van der Waals surface area contributed by atoms with Crippen molar-refractivity contribution < 1.29 is 4.74 Å². The van der Waals surface area contributed by atoms with E-state index >= 15 is 0 Å². The summed E-state index contributed by atoms with van der Waals surface area (Å²) in [7, 11) is 0. The van der Waals surface area contributed by atoms with E-state index in [9.17, 15) is 0 Å². The number of rotatable bonds is 9. The highest BCUT2D eigenvalue weighted by Gasteiger charge is 2.40. The van der Waals surface area contributed by atoms with E-state index in [-0.39, 0.29) is 11.5 Å². The molecule has 0 spiro atoms. The third kappa shape index (κ3) is 5.78. The van der Waals surface area contributed by atoms with Gasteiger partial charge >= 0.3 is 0 Å². The lowest BCUT2D eigenvalue weighted by atomic mass is 9.64. The molecule has 3 rings (SSSR count). The molecule has 2 aromatic rings. The summed E-state index contributed by atoms with van der Waals surface area (Å²) in [5, 5.41) is 0. The van der Waals surface area contributed by atoms with E-state index < -0.39 is 0 Å². The lowest BCUT2D eigenvalue weighted by Crippen LogP contribution is -2.42. The fraction of sp³-hybridized carbons (Fsp3) is 0.517. The predicted octanol–water partition coefficient (Wildman–Crippen LogP) is 8.27. The third-order valence-electron chi connectivity index (χ3n) is 7.16. The summed E-state index contributed by atoms with van der Waals surface area (Å²) in [6, 6.07) is 21.9. The van der Waals surface area contributed by atoms with Crippen LogP contribution in [-0.2, 0) is 10.2 Å². The van der Waals surface area contributed by atoms with Gasteiger partial charge in [0.05, 0.1) is 6.26 Å². The summed E-state index contributed by atoms with van der Waals surface area (Å²) in [5.41, 5.74) is 2.93. The molecule has 1 heteroatoms. The zero-order valence-electron chi connectivity index (χ0n) is 19.4. The second-order valence-electron chi connectivity index (χ2n) is 9.77. The lowest BCUT2D eigenvalue weighted by Gasteiger charge is -2.44. The second-order valence-corrected chi connectivity index (χ2v) is 9.77. The van der Waals surface area contributed by atoms with Crippen LogP contribution in [0.15, 0.2) is 73.0 Å². The summed E-state index contributed by atoms with van der Waals surface area (Å²) >= 11 is 0. The summed E-state index contributed by atoms with van der Waals surface area (Å²) in [4.78, 5) is 0. The van der Waals surface area contributed by atoms with Gasteiger partial charge in [0.1, 0.15) is 6.10 Å². The Labute approximate surface area is 184 Å². The van der Waals surface area contributed by atoms with Crippen LogP contribution in [-0.4, -0.2) is 6.10 Å². The van der Waals surface area contributed by atoms with E-state index in [1.54, 1.807) is 0 Å². The highest BCUT2D eigenvalue weighted by atomic mass is 16.5. The Morgan fingerprint density at radius 3 is 2.33 bits per heavy atom. The molecule has 1 aliphatic rings. The molecule has 0 radical (unpaired) electrons. The van der Waals surface area contributed by atoms with Crippen LogP contribution in [0.3, 0.4) is 0 Å². The predicted molar refractivity (Wildman–Crippen MR) is 129 cm³/mol. The van der Waals surface area contributed by atoms with Crippen molar-refractivity contribution in [3.05, 3.63) is 84.1 Å². The van der Waals surface area contributed by atoms with E-state index in [0.29, 0.717) is 11.8 Å². The maximum absolute atomic E-state index is 6.53. The SMILES string of the molecule is CCCC[C@@H](/C=C\O[C@@H]1C[C@H](C)CC[C@H]1C(C)(C)c1ccccc1)c1ccccc1. The summed E-state index contributed by atoms with van der Waals surface area (Å²) < 4.78 is 6.53. The number of unbranched alkanes of at least 4 members (excludes halogenated alkanes) is 1. The van der Waals surface area contributed by atoms with Crippen molar-refractivity contribution in [2.24, 2.45) is 11.8 Å². The van der Waals surface area contributed by atoms with E-state index in [1.165, 1.54) is 43.2 Å². The minimum atomic E-state index is 0.112. The van der Waals surface area contributed by atoms with Crippen LogP contribution in [0.25, 0.3) is 0 Å². The Bertz CT molecular complexity index is 761. The van der Waals surface area contributed by atoms with Gasteiger partial charge in [-0.2, -0.15) is 0 Å². The van der Waals surface area contributed by atoms with Gasteiger partial charge in [0.15, 0.2) is 0 Å². The Hall–Kier alpha value is -2.02. The van der Waals surface area contributed by atoms with Gasteiger partial charge in [-0.25, -0.2) is 0 Å². The van der Waals surface area contributed by atoms with Crippen LogP contribution in [0.2, 0.25) is 0 Å². The van der Waals surface area contributed by atoms with Gasteiger partial charge in [0.25, 0.3) is 0 Å². The second kappa shape index (κ2) is 10.8. The van der Waals surface area contributed by atoms with Gasteiger partial charge in [-0.05, 0) is 47.8 Å². The number of ether oxygens (including phenoxy) is 1. The van der Waals surface area contributed by atoms with E-state index in [2.05, 4.69) is 94.4 Å². The van der Waals surface area contributed by atoms with Crippen LogP contribution in [0.4, 0.5) is 0 Å². The Morgan fingerprint density at radius 2 is 1.67 bits per heavy atom. The van der Waals surface area contributed by atoms with Gasteiger partial charge in [-0.3, -0.25) is 0 Å². The van der Waals surface area contributed by atoms with Gasteiger partial charge in [0, 0.05) is 11.8 Å². The molecular formula is C29H40O. The normalized spacial score (nSPS) is 23.4. The fourth-order valence-electron chi connectivity index (χ4n) is 5.13. The average Bonchev–Trinajstić information content (AvgIpc) is 2.77. The first-order valence-corrected chi connectivity index (χ1v) is 11.9. The molecule has 0 unspecified atom stereocenters. The minimum absolute atomic E-state index is 0.112. The molecule has 0 aliphatic heterocycles. The zero-order chi connectivity index (χ0) is 21.4. The number of hydrogen-bond acceptors (Lipinski definition) is 1. The molecule has 30 heavy (non-hydrogen) atoms. The molecule has 162 valence electrons. The fourth-order valence-corrected chi connectivity index (χ4v) is 5.13. The minimum Gasteiger partial charge on any atom is -0.498 e. The molecular weight excluding hydrogens is 364 g/mol. The number of benzene rings is 2. The molecule has 1 saturated carbocycles.